The summed E-state index contributed by atoms with van der Waals surface area (Å²) in [6.45, 7) is 1.90. The van der Waals surface area contributed by atoms with Gasteiger partial charge in [-0.2, -0.15) is 0 Å². The molecule has 138 valence electrons. The minimum atomic E-state index is -0.243. The largest absolute Gasteiger partial charge is 0.497 e. The summed E-state index contributed by atoms with van der Waals surface area (Å²) in [5.41, 5.74) is 1.87. The zero-order valence-corrected chi connectivity index (χ0v) is 15.4. The number of aryl methyl sites for hydroxylation is 1. The first-order chi connectivity index (χ1) is 12.6. The Morgan fingerprint density at radius 1 is 0.962 bits per heavy atom. The fraction of sp³-hybridized carbons (Fsp3) is 0.364. The molecule has 0 radical (unpaired) electrons. The molecule has 2 rings (SSSR count). The lowest BCUT2D eigenvalue weighted by Crippen LogP contribution is -2.15. The minimum absolute atomic E-state index is 0.0611. The maximum absolute atomic E-state index is 12.0. The van der Waals surface area contributed by atoms with Crippen LogP contribution in [0.4, 0.5) is 0 Å². The van der Waals surface area contributed by atoms with Crippen LogP contribution in [-0.2, 0) is 16.0 Å². The number of carbonyl (C=O) groups excluding carboxylic acids is 2. The van der Waals surface area contributed by atoms with Crippen LogP contribution in [0.3, 0.4) is 0 Å². The molecule has 0 heterocycles. The molecular formula is C22H26O4. The van der Waals surface area contributed by atoms with Crippen LogP contribution in [0.5, 0.6) is 5.75 Å². The summed E-state index contributed by atoms with van der Waals surface area (Å²) in [5, 5.41) is 0. The average molecular weight is 354 g/mol. The molecule has 0 aliphatic carbocycles. The molecule has 0 saturated heterocycles. The van der Waals surface area contributed by atoms with Crippen LogP contribution in [-0.4, -0.2) is 25.0 Å². The monoisotopic (exact) mass is 354 g/mol. The molecule has 0 saturated carbocycles. The Morgan fingerprint density at radius 3 is 2.31 bits per heavy atom. The molecule has 26 heavy (non-hydrogen) atoms. The average Bonchev–Trinajstić information content (AvgIpc) is 2.67. The van der Waals surface area contributed by atoms with Crippen LogP contribution in [0.25, 0.3) is 0 Å². The van der Waals surface area contributed by atoms with Crippen molar-refractivity contribution in [3.8, 4) is 5.75 Å². The second-order valence-corrected chi connectivity index (χ2v) is 6.33. The summed E-state index contributed by atoms with van der Waals surface area (Å²) in [5.74, 6) is 0.650. The molecule has 0 aliphatic rings. The lowest BCUT2D eigenvalue weighted by molar-refractivity contribution is -0.148. The van der Waals surface area contributed by atoms with E-state index in [1.165, 1.54) is 5.56 Å². The van der Waals surface area contributed by atoms with Gasteiger partial charge >= 0.3 is 5.97 Å². The number of Topliss-reactive ketones (excluding diaryl/α,β-unsaturated/α-hetero) is 1. The molecule has 2 aromatic rings. The van der Waals surface area contributed by atoms with Gasteiger partial charge in [0.05, 0.1) is 13.2 Å². The van der Waals surface area contributed by atoms with Crippen molar-refractivity contribution in [2.24, 2.45) is 0 Å². The first kappa shape index (κ1) is 19.7. The maximum atomic E-state index is 12.0. The molecule has 0 aliphatic heterocycles. The third-order valence-electron chi connectivity index (χ3n) is 4.21. The summed E-state index contributed by atoms with van der Waals surface area (Å²) < 4.78 is 10.6. The van der Waals surface area contributed by atoms with Gasteiger partial charge in [0.15, 0.2) is 5.78 Å². The zero-order valence-electron chi connectivity index (χ0n) is 15.4. The van der Waals surface area contributed by atoms with Crippen molar-refractivity contribution in [3.63, 3.8) is 0 Å². The number of hydrogen-bond acceptors (Lipinski definition) is 4. The van der Waals surface area contributed by atoms with Crippen molar-refractivity contribution < 1.29 is 19.1 Å². The Morgan fingerprint density at radius 2 is 1.65 bits per heavy atom. The lowest BCUT2D eigenvalue weighted by atomic mass is 10.1. The number of esters is 1. The van der Waals surface area contributed by atoms with Crippen molar-refractivity contribution in [3.05, 3.63) is 65.7 Å². The summed E-state index contributed by atoms with van der Waals surface area (Å²) in [7, 11) is 1.64. The quantitative estimate of drug-likeness (QED) is 0.462. The molecule has 2 aromatic carbocycles. The van der Waals surface area contributed by atoms with Gasteiger partial charge in [-0.05, 0) is 43.9 Å². The van der Waals surface area contributed by atoms with Crippen molar-refractivity contribution in [1.82, 2.24) is 0 Å². The van der Waals surface area contributed by atoms with Gasteiger partial charge in [-0.15, -0.1) is 0 Å². The Bertz CT molecular complexity index is 692. The molecule has 0 N–H and O–H groups in total. The normalized spacial score (nSPS) is 11.6. The van der Waals surface area contributed by atoms with Gasteiger partial charge in [-0.1, -0.05) is 42.5 Å². The van der Waals surface area contributed by atoms with Crippen LogP contribution in [0.15, 0.2) is 54.6 Å². The van der Waals surface area contributed by atoms with Gasteiger partial charge in [0, 0.05) is 18.4 Å². The second-order valence-electron chi connectivity index (χ2n) is 6.33. The number of methoxy groups -OCH3 is 1. The van der Waals surface area contributed by atoms with E-state index in [-0.39, 0.29) is 24.3 Å². The van der Waals surface area contributed by atoms with Gasteiger partial charge in [-0.25, -0.2) is 0 Å². The predicted octanol–water partition coefficient (Wildman–Crippen LogP) is 4.61. The lowest BCUT2D eigenvalue weighted by Gasteiger charge is -2.13. The van der Waals surface area contributed by atoms with Gasteiger partial charge < -0.3 is 9.47 Å². The van der Waals surface area contributed by atoms with Crippen molar-refractivity contribution in [1.29, 1.82) is 0 Å². The van der Waals surface area contributed by atoms with E-state index in [1.807, 2.05) is 49.4 Å². The SMILES string of the molecule is COc1ccc(CC[C@@H](C)OC(=O)CCCC(=O)c2ccccc2)cc1. The highest BCUT2D eigenvalue weighted by Gasteiger charge is 2.11. The Labute approximate surface area is 155 Å². The molecule has 0 amide bonds. The Kier molecular flexibility index (Phi) is 7.87. The van der Waals surface area contributed by atoms with Crippen molar-refractivity contribution >= 4 is 11.8 Å². The summed E-state index contributed by atoms with van der Waals surface area (Å²) in [4.78, 5) is 23.9. The van der Waals surface area contributed by atoms with Gasteiger partial charge in [0.2, 0.25) is 0 Å². The highest BCUT2D eigenvalue weighted by Crippen LogP contribution is 2.14. The van der Waals surface area contributed by atoms with Crippen LogP contribution in [0.1, 0.15) is 48.5 Å². The van der Waals surface area contributed by atoms with Gasteiger partial charge in [0.25, 0.3) is 0 Å². The molecule has 0 bridgehead atoms. The van der Waals surface area contributed by atoms with E-state index >= 15 is 0 Å². The van der Waals surface area contributed by atoms with Crippen LogP contribution < -0.4 is 4.74 Å². The first-order valence-electron chi connectivity index (χ1n) is 8.99. The van der Waals surface area contributed by atoms with E-state index < -0.39 is 0 Å². The van der Waals surface area contributed by atoms with Crippen LogP contribution in [0.2, 0.25) is 0 Å². The van der Waals surface area contributed by atoms with E-state index in [4.69, 9.17) is 9.47 Å². The van der Waals surface area contributed by atoms with E-state index in [0.29, 0.717) is 18.4 Å². The molecule has 4 heteroatoms. The van der Waals surface area contributed by atoms with Gasteiger partial charge in [0.1, 0.15) is 5.75 Å². The third kappa shape index (κ3) is 6.71. The van der Waals surface area contributed by atoms with E-state index in [9.17, 15) is 9.59 Å². The Hall–Kier alpha value is -2.62. The molecule has 4 nitrogen and oxygen atoms in total. The number of rotatable bonds is 10. The van der Waals surface area contributed by atoms with E-state index in [1.54, 1.807) is 19.2 Å². The number of hydrogen-bond donors (Lipinski definition) is 0. The molecule has 0 fully saturated rings. The molecular weight excluding hydrogens is 328 g/mol. The number of benzene rings is 2. The number of carbonyl (C=O) groups is 2. The van der Waals surface area contributed by atoms with E-state index in [0.717, 1.165) is 18.6 Å². The summed E-state index contributed by atoms with van der Waals surface area (Å²) in [6, 6.07) is 17.0. The Balaban J connectivity index is 1.64. The zero-order chi connectivity index (χ0) is 18.8. The molecule has 0 spiro atoms. The topological polar surface area (TPSA) is 52.6 Å². The molecule has 0 unspecified atom stereocenters. The minimum Gasteiger partial charge on any atom is -0.497 e. The fourth-order valence-electron chi connectivity index (χ4n) is 2.67. The van der Waals surface area contributed by atoms with E-state index in [2.05, 4.69) is 0 Å². The summed E-state index contributed by atoms with van der Waals surface area (Å²) >= 11 is 0. The highest BCUT2D eigenvalue weighted by atomic mass is 16.5. The maximum Gasteiger partial charge on any atom is 0.306 e. The first-order valence-corrected chi connectivity index (χ1v) is 8.99. The standard InChI is InChI=1S/C22H26O4/c1-17(11-12-18-13-15-20(25-2)16-14-18)26-22(24)10-6-9-21(23)19-7-4-3-5-8-19/h3-5,7-8,13-17H,6,9-12H2,1-2H3/t17-/m1/s1. The van der Waals surface area contributed by atoms with Crippen LogP contribution in [0, 0.1) is 0 Å². The molecule has 1 atom stereocenters. The number of ketones is 1. The van der Waals surface area contributed by atoms with Crippen LogP contribution >= 0.6 is 0 Å². The summed E-state index contributed by atoms with van der Waals surface area (Å²) in [6.07, 6.45) is 2.60. The smallest absolute Gasteiger partial charge is 0.306 e. The third-order valence-corrected chi connectivity index (χ3v) is 4.21. The highest BCUT2D eigenvalue weighted by molar-refractivity contribution is 5.96. The predicted molar refractivity (Wildman–Crippen MR) is 101 cm³/mol. The van der Waals surface area contributed by atoms with Gasteiger partial charge in [-0.3, -0.25) is 9.59 Å². The molecule has 0 aromatic heterocycles. The van der Waals surface area contributed by atoms with Crippen molar-refractivity contribution in [2.45, 2.75) is 45.1 Å². The number of ether oxygens (including phenoxy) is 2. The van der Waals surface area contributed by atoms with Crippen molar-refractivity contribution in [2.75, 3.05) is 7.11 Å². The second kappa shape index (κ2) is 10.4. The fourth-order valence-corrected chi connectivity index (χ4v) is 2.67.